The number of hydrogen-bond donors (Lipinski definition) is 2. The van der Waals surface area contributed by atoms with E-state index in [9.17, 15) is 0 Å². The summed E-state index contributed by atoms with van der Waals surface area (Å²) in [4.78, 5) is 13.7. The first-order chi connectivity index (χ1) is 15.7. The number of methoxy groups -OCH3 is 1. The highest BCUT2D eigenvalue weighted by atomic mass is 127. The zero-order chi connectivity index (χ0) is 22.3. The molecule has 180 valence electrons. The van der Waals surface area contributed by atoms with Gasteiger partial charge in [0.2, 0.25) is 0 Å². The molecule has 2 unspecified atom stereocenters. The van der Waals surface area contributed by atoms with Crippen LogP contribution >= 0.6 is 24.0 Å². The second-order valence-electron chi connectivity index (χ2n) is 8.33. The third-order valence-corrected chi connectivity index (χ3v) is 6.01. The fourth-order valence-corrected chi connectivity index (χ4v) is 4.30. The van der Waals surface area contributed by atoms with Crippen molar-refractivity contribution in [3.8, 4) is 5.75 Å². The van der Waals surface area contributed by atoms with Gasteiger partial charge in [-0.15, -0.1) is 24.0 Å². The molecule has 0 aliphatic carbocycles. The number of pyridine rings is 1. The number of ether oxygens (including phenoxy) is 2. The largest absolute Gasteiger partial charge is 0.495 e. The predicted molar refractivity (Wildman–Crippen MR) is 144 cm³/mol. The molecule has 0 saturated carbocycles. The van der Waals surface area contributed by atoms with E-state index in [2.05, 4.69) is 61.6 Å². The van der Waals surface area contributed by atoms with Gasteiger partial charge in [0.15, 0.2) is 5.96 Å². The standard InChI is InChI=1S/C24H34N6O2.HI/c1-18-16-30(12-13-32-18)23-9-8-19(14-26-23)15-27-24(25-2)28-20-10-11-29(17-20)21-6-4-5-7-22(21)31-3;/h4-9,14,18,20H,10-13,15-17H2,1-3H3,(H2,25,27,28);1H. The molecule has 1 aromatic heterocycles. The number of benzene rings is 1. The Morgan fingerprint density at radius 3 is 2.76 bits per heavy atom. The molecule has 2 fully saturated rings. The van der Waals surface area contributed by atoms with Crippen LogP contribution in [0.2, 0.25) is 0 Å². The van der Waals surface area contributed by atoms with Gasteiger partial charge in [0.05, 0.1) is 25.5 Å². The summed E-state index contributed by atoms with van der Waals surface area (Å²) >= 11 is 0. The van der Waals surface area contributed by atoms with E-state index in [1.807, 2.05) is 25.4 Å². The van der Waals surface area contributed by atoms with Crippen LogP contribution in [-0.2, 0) is 11.3 Å². The molecule has 0 amide bonds. The number of rotatable bonds is 6. The number of nitrogens with zero attached hydrogens (tertiary/aromatic N) is 4. The minimum absolute atomic E-state index is 0. The lowest BCUT2D eigenvalue weighted by molar-refractivity contribution is 0.0529. The first kappa shape index (κ1) is 25.4. The second kappa shape index (κ2) is 12.3. The van der Waals surface area contributed by atoms with Crippen molar-refractivity contribution in [3.63, 3.8) is 0 Å². The maximum absolute atomic E-state index is 5.62. The Hall–Kier alpha value is -2.27. The third kappa shape index (κ3) is 6.63. The monoisotopic (exact) mass is 566 g/mol. The van der Waals surface area contributed by atoms with Crippen molar-refractivity contribution in [3.05, 3.63) is 48.2 Å². The quantitative estimate of drug-likeness (QED) is 0.317. The van der Waals surface area contributed by atoms with E-state index >= 15 is 0 Å². The minimum atomic E-state index is 0. The van der Waals surface area contributed by atoms with E-state index in [0.717, 1.165) is 68.0 Å². The predicted octanol–water partition coefficient (Wildman–Crippen LogP) is 2.88. The number of morpholine rings is 1. The van der Waals surface area contributed by atoms with Crippen molar-refractivity contribution in [1.29, 1.82) is 0 Å². The molecule has 9 heteroatoms. The van der Waals surface area contributed by atoms with E-state index in [4.69, 9.17) is 9.47 Å². The fourth-order valence-electron chi connectivity index (χ4n) is 4.30. The Labute approximate surface area is 213 Å². The molecule has 8 nitrogen and oxygen atoms in total. The average molecular weight is 566 g/mol. The molecular formula is C24H35IN6O2. The van der Waals surface area contributed by atoms with Crippen LogP contribution in [0.3, 0.4) is 0 Å². The number of halogens is 1. The van der Waals surface area contributed by atoms with Crippen LogP contribution in [0, 0.1) is 0 Å². The lowest BCUT2D eigenvalue weighted by Gasteiger charge is -2.32. The maximum atomic E-state index is 5.62. The Morgan fingerprint density at radius 1 is 1.18 bits per heavy atom. The van der Waals surface area contributed by atoms with Crippen LogP contribution in [0.1, 0.15) is 18.9 Å². The van der Waals surface area contributed by atoms with Crippen molar-refractivity contribution in [2.45, 2.75) is 32.0 Å². The maximum Gasteiger partial charge on any atom is 0.191 e. The highest BCUT2D eigenvalue weighted by molar-refractivity contribution is 14.0. The molecule has 2 aliphatic rings. The second-order valence-corrected chi connectivity index (χ2v) is 8.33. The first-order valence-corrected chi connectivity index (χ1v) is 11.3. The number of aromatic nitrogens is 1. The number of aliphatic imine (C=N–C) groups is 1. The number of para-hydroxylation sites is 2. The van der Waals surface area contributed by atoms with Crippen LogP contribution in [0.4, 0.5) is 11.5 Å². The molecule has 2 aromatic rings. The number of guanidine groups is 1. The zero-order valence-corrected chi connectivity index (χ0v) is 22.0. The third-order valence-electron chi connectivity index (χ3n) is 6.01. The average Bonchev–Trinajstić information content (AvgIpc) is 3.30. The molecule has 1 aromatic carbocycles. The van der Waals surface area contributed by atoms with Crippen LogP contribution in [0.15, 0.2) is 47.6 Å². The Kier molecular flexibility index (Phi) is 9.42. The highest BCUT2D eigenvalue weighted by Crippen LogP contribution is 2.30. The molecule has 0 radical (unpaired) electrons. The molecule has 3 heterocycles. The van der Waals surface area contributed by atoms with Gasteiger partial charge in [-0.3, -0.25) is 4.99 Å². The van der Waals surface area contributed by atoms with Crippen molar-refractivity contribution in [2.75, 3.05) is 56.7 Å². The SMILES string of the molecule is CN=C(NCc1ccc(N2CCOC(C)C2)nc1)NC1CCN(c2ccccc2OC)C1.I. The molecule has 0 spiro atoms. The van der Waals surface area contributed by atoms with Gasteiger partial charge in [-0.1, -0.05) is 18.2 Å². The van der Waals surface area contributed by atoms with E-state index in [0.29, 0.717) is 12.6 Å². The van der Waals surface area contributed by atoms with Crippen LogP contribution in [0.25, 0.3) is 0 Å². The van der Waals surface area contributed by atoms with Gasteiger partial charge in [-0.05, 0) is 37.1 Å². The topological polar surface area (TPSA) is 74.2 Å². The van der Waals surface area contributed by atoms with Crippen LogP contribution in [0.5, 0.6) is 5.75 Å². The normalized spacial score (nSPS) is 20.9. The molecule has 0 bridgehead atoms. The highest BCUT2D eigenvalue weighted by Gasteiger charge is 2.25. The van der Waals surface area contributed by atoms with Gasteiger partial charge in [0.25, 0.3) is 0 Å². The minimum Gasteiger partial charge on any atom is -0.495 e. The summed E-state index contributed by atoms with van der Waals surface area (Å²) in [6.07, 6.45) is 3.23. The first-order valence-electron chi connectivity index (χ1n) is 11.3. The van der Waals surface area contributed by atoms with E-state index in [1.54, 1.807) is 7.11 Å². The number of hydrogen-bond acceptors (Lipinski definition) is 6. The van der Waals surface area contributed by atoms with Gasteiger partial charge in [0.1, 0.15) is 11.6 Å². The van der Waals surface area contributed by atoms with Crippen LogP contribution < -0.4 is 25.2 Å². The van der Waals surface area contributed by atoms with Crippen molar-refractivity contribution >= 4 is 41.4 Å². The summed E-state index contributed by atoms with van der Waals surface area (Å²) in [5, 5.41) is 6.97. The van der Waals surface area contributed by atoms with Gasteiger partial charge < -0.3 is 29.9 Å². The summed E-state index contributed by atoms with van der Waals surface area (Å²) in [6, 6.07) is 12.7. The molecular weight excluding hydrogens is 531 g/mol. The molecule has 2 atom stereocenters. The lowest BCUT2D eigenvalue weighted by Crippen LogP contribution is -2.44. The van der Waals surface area contributed by atoms with Crippen LogP contribution in [-0.4, -0.2) is 70.0 Å². The van der Waals surface area contributed by atoms with Crippen molar-refractivity contribution in [2.24, 2.45) is 4.99 Å². The summed E-state index contributed by atoms with van der Waals surface area (Å²) in [7, 11) is 3.53. The molecule has 2 N–H and O–H groups in total. The van der Waals surface area contributed by atoms with Gasteiger partial charge in [0, 0.05) is 52.0 Å². The summed E-state index contributed by atoms with van der Waals surface area (Å²) in [5.74, 6) is 2.73. The summed E-state index contributed by atoms with van der Waals surface area (Å²) in [5.41, 5.74) is 2.27. The van der Waals surface area contributed by atoms with Gasteiger partial charge >= 0.3 is 0 Å². The smallest absolute Gasteiger partial charge is 0.191 e. The summed E-state index contributed by atoms with van der Waals surface area (Å²) < 4.78 is 11.1. The Morgan fingerprint density at radius 2 is 2.03 bits per heavy atom. The molecule has 2 saturated heterocycles. The fraction of sp³-hybridized carbons (Fsp3) is 0.500. The van der Waals surface area contributed by atoms with E-state index in [-0.39, 0.29) is 30.1 Å². The van der Waals surface area contributed by atoms with E-state index < -0.39 is 0 Å². The zero-order valence-electron chi connectivity index (χ0n) is 19.7. The van der Waals surface area contributed by atoms with Gasteiger partial charge in [-0.2, -0.15) is 0 Å². The van der Waals surface area contributed by atoms with Crippen molar-refractivity contribution in [1.82, 2.24) is 15.6 Å². The molecule has 33 heavy (non-hydrogen) atoms. The molecule has 2 aliphatic heterocycles. The summed E-state index contributed by atoms with van der Waals surface area (Å²) in [6.45, 7) is 7.20. The molecule has 4 rings (SSSR count). The Balaban J connectivity index is 0.00000306. The van der Waals surface area contributed by atoms with Gasteiger partial charge in [-0.25, -0.2) is 4.98 Å². The number of nitrogens with one attached hydrogen (secondary N) is 2. The number of anilines is 2. The Bertz CT molecular complexity index is 910. The van der Waals surface area contributed by atoms with E-state index in [1.165, 1.54) is 0 Å². The van der Waals surface area contributed by atoms with Crippen molar-refractivity contribution < 1.29 is 9.47 Å². The lowest BCUT2D eigenvalue weighted by atomic mass is 10.2.